The summed E-state index contributed by atoms with van der Waals surface area (Å²) < 4.78 is 5.53. The number of fused-ring (bicyclic) bond motifs is 1. The first-order valence-corrected chi connectivity index (χ1v) is 9.18. The number of hydrogen-bond acceptors (Lipinski definition) is 7. The van der Waals surface area contributed by atoms with Crippen LogP contribution in [0, 0.1) is 0 Å². The second kappa shape index (κ2) is 7.49. The molecule has 26 heavy (non-hydrogen) atoms. The van der Waals surface area contributed by atoms with E-state index in [1.807, 2.05) is 6.07 Å². The van der Waals surface area contributed by atoms with Crippen molar-refractivity contribution in [3.05, 3.63) is 58.7 Å². The Morgan fingerprint density at radius 3 is 3.04 bits per heavy atom. The van der Waals surface area contributed by atoms with Crippen molar-refractivity contribution in [3.8, 4) is 5.75 Å². The number of nitrogens with one attached hydrogen (secondary N) is 2. The lowest BCUT2D eigenvalue weighted by molar-refractivity contribution is 0.102. The number of ether oxygens (including phenoxy) is 1. The predicted octanol–water partition coefficient (Wildman–Crippen LogP) is 2.77. The van der Waals surface area contributed by atoms with E-state index in [1.54, 1.807) is 23.8 Å². The van der Waals surface area contributed by atoms with Gasteiger partial charge in [0.15, 0.2) is 0 Å². The highest BCUT2D eigenvalue weighted by Gasteiger charge is 2.12. The molecule has 0 spiro atoms. The van der Waals surface area contributed by atoms with Crippen LogP contribution >= 0.6 is 11.3 Å². The quantitative estimate of drug-likeness (QED) is 0.696. The third kappa shape index (κ3) is 3.80. The molecule has 1 aliphatic rings. The fourth-order valence-corrected chi connectivity index (χ4v) is 3.20. The number of amides is 1. The van der Waals surface area contributed by atoms with Crippen LogP contribution in [0.1, 0.15) is 21.5 Å². The number of rotatable bonds is 6. The Bertz CT molecular complexity index is 896. The van der Waals surface area contributed by atoms with Gasteiger partial charge in [0, 0.05) is 19.2 Å². The number of benzene rings is 1. The molecule has 1 amide bonds. The maximum absolute atomic E-state index is 12.1. The van der Waals surface area contributed by atoms with Gasteiger partial charge in [-0.05, 0) is 35.7 Å². The average molecular weight is 367 g/mol. The Morgan fingerprint density at radius 2 is 2.23 bits per heavy atom. The van der Waals surface area contributed by atoms with E-state index in [4.69, 9.17) is 4.74 Å². The lowest BCUT2D eigenvalue weighted by Gasteiger charge is -2.08. The summed E-state index contributed by atoms with van der Waals surface area (Å²) in [5.41, 5.74) is 4.60. The zero-order valence-electron chi connectivity index (χ0n) is 13.9. The molecule has 3 aromatic rings. The minimum atomic E-state index is -0.249. The monoisotopic (exact) mass is 367 g/mol. The van der Waals surface area contributed by atoms with Gasteiger partial charge < -0.3 is 10.1 Å². The van der Waals surface area contributed by atoms with Crippen molar-refractivity contribution in [1.82, 2.24) is 15.2 Å². The summed E-state index contributed by atoms with van der Waals surface area (Å²) in [7, 11) is 0. The molecule has 3 heterocycles. The van der Waals surface area contributed by atoms with Crippen LogP contribution in [-0.4, -0.2) is 34.2 Å². The smallest absolute Gasteiger partial charge is 0.259 e. The molecular weight excluding hydrogens is 350 g/mol. The van der Waals surface area contributed by atoms with Gasteiger partial charge in [0.25, 0.3) is 5.91 Å². The van der Waals surface area contributed by atoms with Crippen LogP contribution in [0.15, 0.2) is 42.0 Å². The van der Waals surface area contributed by atoms with Gasteiger partial charge in [-0.15, -0.1) is 10.2 Å². The van der Waals surface area contributed by atoms with Gasteiger partial charge in [0.05, 0.1) is 12.2 Å². The van der Waals surface area contributed by atoms with Gasteiger partial charge in [-0.1, -0.05) is 23.5 Å². The molecular formula is C18H17N5O2S. The van der Waals surface area contributed by atoms with Crippen LogP contribution in [0.5, 0.6) is 5.75 Å². The van der Waals surface area contributed by atoms with Crippen LogP contribution in [0.2, 0.25) is 0 Å². The molecule has 0 saturated carbocycles. The van der Waals surface area contributed by atoms with Crippen LogP contribution < -0.4 is 15.4 Å². The van der Waals surface area contributed by atoms with Gasteiger partial charge in [-0.3, -0.25) is 10.1 Å². The number of carbonyl (C=O) groups is 1. The Balaban J connectivity index is 1.29. The van der Waals surface area contributed by atoms with Crippen molar-refractivity contribution in [2.45, 2.75) is 12.8 Å². The predicted molar refractivity (Wildman–Crippen MR) is 99.9 cm³/mol. The van der Waals surface area contributed by atoms with E-state index < -0.39 is 0 Å². The summed E-state index contributed by atoms with van der Waals surface area (Å²) in [4.78, 5) is 16.4. The van der Waals surface area contributed by atoms with Crippen molar-refractivity contribution in [2.24, 2.45) is 0 Å². The Morgan fingerprint density at radius 1 is 1.27 bits per heavy atom. The number of aromatic nitrogens is 3. The molecule has 132 valence electrons. The van der Waals surface area contributed by atoms with Crippen molar-refractivity contribution >= 4 is 28.2 Å². The SMILES string of the molecule is O=C(Nc1nncs1)c1ccc(NCCc2ccc3c(c2)CCO3)nc1. The fourth-order valence-electron chi connectivity index (χ4n) is 2.76. The second-order valence-corrected chi connectivity index (χ2v) is 6.68. The zero-order valence-corrected chi connectivity index (χ0v) is 14.8. The van der Waals surface area contributed by atoms with Gasteiger partial charge in [0.2, 0.25) is 5.13 Å². The number of carbonyl (C=O) groups excluding carboxylic acids is 1. The molecule has 0 bridgehead atoms. The molecule has 7 nitrogen and oxygen atoms in total. The van der Waals surface area contributed by atoms with Crippen LogP contribution in [0.25, 0.3) is 0 Å². The Hall–Kier alpha value is -3.00. The van der Waals surface area contributed by atoms with Crippen LogP contribution in [-0.2, 0) is 12.8 Å². The largest absolute Gasteiger partial charge is 0.493 e. The minimum Gasteiger partial charge on any atom is -0.493 e. The van der Waals surface area contributed by atoms with Gasteiger partial charge in [0.1, 0.15) is 17.1 Å². The molecule has 0 atom stereocenters. The first-order valence-electron chi connectivity index (χ1n) is 8.30. The number of nitrogens with zero attached hydrogens (tertiary/aromatic N) is 3. The Labute approximate surface area is 154 Å². The van der Waals surface area contributed by atoms with Crippen molar-refractivity contribution < 1.29 is 9.53 Å². The molecule has 0 unspecified atom stereocenters. The maximum Gasteiger partial charge on any atom is 0.259 e. The first-order chi connectivity index (χ1) is 12.8. The molecule has 0 saturated heterocycles. The van der Waals surface area contributed by atoms with E-state index >= 15 is 0 Å². The normalized spacial score (nSPS) is 12.3. The van der Waals surface area contributed by atoms with E-state index in [2.05, 4.69) is 37.9 Å². The van der Waals surface area contributed by atoms with Crippen LogP contribution in [0.3, 0.4) is 0 Å². The summed E-state index contributed by atoms with van der Waals surface area (Å²) in [5.74, 6) is 1.49. The lowest BCUT2D eigenvalue weighted by Crippen LogP contribution is -2.13. The fraction of sp³-hybridized carbons (Fsp3) is 0.222. The molecule has 1 aliphatic heterocycles. The molecule has 0 fully saturated rings. The molecule has 2 aromatic heterocycles. The lowest BCUT2D eigenvalue weighted by atomic mass is 10.1. The number of anilines is 2. The van der Waals surface area contributed by atoms with Crippen molar-refractivity contribution in [2.75, 3.05) is 23.8 Å². The number of pyridine rings is 1. The molecule has 1 aromatic carbocycles. The van der Waals surface area contributed by atoms with E-state index in [1.165, 1.54) is 22.5 Å². The van der Waals surface area contributed by atoms with E-state index in [-0.39, 0.29) is 5.91 Å². The van der Waals surface area contributed by atoms with Gasteiger partial charge in [-0.25, -0.2) is 4.98 Å². The third-order valence-electron chi connectivity index (χ3n) is 4.08. The Kier molecular flexibility index (Phi) is 4.74. The van der Waals surface area contributed by atoms with E-state index in [0.29, 0.717) is 10.7 Å². The molecule has 2 N–H and O–H groups in total. The second-order valence-electron chi connectivity index (χ2n) is 5.85. The first kappa shape index (κ1) is 16.5. The number of hydrogen-bond donors (Lipinski definition) is 2. The highest BCUT2D eigenvalue weighted by atomic mass is 32.1. The average Bonchev–Trinajstić information content (AvgIpc) is 3.33. The van der Waals surface area contributed by atoms with Crippen molar-refractivity contribution in [3.63, 3.8) is 0 Å². The highest BCUT2D eigenvalue weighted by molar-refractivity contribution is 7.13. The summed E-state index contributed by atoms with van der Waals surface area (Å²) in [6.45, 7) is 1.54. The summed E-state index contributed by atoms with van der Waals surface area (Å²) in [5, 5.41) is 13.9. The standard InChI is InChI=1S/C18H17N5O2S/c24-17(22-18-23-21-11-26-18)14-2-4-16(20-10-14)19-7-5-12-1-3-15-13(9-12)6-8-25-15/h1-4,9-11H,5-8H2,(H,19,20)(H,22,23,24). The summed E-state index contributed by atoms with van der Waals surface area (Å²) in [6, 6.07) is 9.88. The highest BCUT2D eigenvalue weighted by Crippen LogP contribution is 2.26. The van der Waals surface area contributed by atoms with E-state index in [9.17, 15) is 4.79 Å². The summed E-state index contributed by atoms with van der Waals surface area (Å²) >= 11 is 1.27. The van der Waals surface area contributed by atoms with Crippen molar-refractivity contribution in [1.29, 1.82) is 0 Å². The van der Waals surface area contributed by atoms with Gasteiger partial charge in [-0.2, -0.15) is 0 Å². The topological polar surface area (TPSA) is 89.0 Å². The zero-order chi connectivity index (χ0) is 17.8. The molecule has 0 aliphatic carbocycles. The molecule has 8 heteroatoms. The maximum atomic E-state index is 12.1. The van der Waals surface area contributed by atoms with E-state index in [0.717, 1.165) is 37.6 Å². The summed E-state index contributed by atoms with van der Waals surface area (Å²) in [6.07, 6.45) is 3.43. The molecule has 4 rings (SSSR count). The van der Waals surface area contributed by atoms with Gasteiger partial charge >= 0.3 is 0 Å². The third-order valence-corrected chi connectivity index (χ3v) is 4.69. The minimum absolute atomic E-state index is 0.249. The molecule has 0 radical (unpaired) electrons. The van der Waals surface area contributed by atoms with Crippen LogP contribution in [0.4, 0.5) is 10.9 Å².